The molecule has 1 amide bonds. The van der Waals surface area contributed by atoms with Gasteiger partial charge in [-0.3, -0.25) is 9.78 Å². The maximum absolute atomic E-state index is 12.7. The molecule has 3 heterocycles. The molecule has 1 atom stereocenters. The third-order valence-corrected chi connectivity index (χ3v) is 5.07. The molecule has 25 heavy (non-hydrogen) atoms. The highest BCUT2D eigenvalue weighted by atomic mass is 16.5. The fourth-order valence-corrected chi connectivity index (χ4v) is 3.56. The van der Waals surface area contributed by atoms with Gasteiger partial charge in [0.05, 0.1) is 5.56 Å². The first-order valence-electron chi connectivity index (χ1n) is 9.26. The maximum atomic E-state index is 12.7. The molecule has 1 fully saturated rings. The zero-order valence-corrected chi connectivity index (χ0v) is 15.0. The van der Waals surface area contributed by atoms with Gasteiger partial charge >= 0.3 is 0 Å². The number of carbonyl (C=O) groups is 1. The van der Waals surface area contributed by atoms with Crippen LogP contribution < -0.4 is 0 Å². The minimum atomic E-state index is 0.156. The Kier molecular flexibility index (Phi) is 5.79. The summed E-state index contributed by atoms with van der Waals surface area (Å²) >= 11 is 0. The van der Waals surface area contributed by atoms with Crippen molar-refractivity contribution in [1.82, 2.24) is 20.0 Å². The molecule has 0 saturated carbocycles. The summed E-state index contributed by atoms with van der Waals surface area (Å²) in [5, 5.41) is 4.07. The number of nitrogens with zero attached hydrogens (tertiary/aromatic N) is 4. The van der Waals surface area contributed by atoms with E-state index in [4.69, 9.17) is 4.52 Å². The van der Waals surface area contributed by atoms with Gasteiger partial charge in [0.2, 0.25) is 5.91 Å². The lowest BCUT2D eigenvalue weighted by atomic mass is 10.0. The van der Waals surface area contributed by atoms with Crippen LogP contribution in [-0.2, 0) is 11.2 Å². The molecule has 0 aromatic carbocycles. The van der Waals surface area contributed by atoms with Crippen LogP contribution in [0.1, 0.15) is 51.8 Å². The van der Waals surface area contributed by atoms with Gasteiger partial charge in [0.15, 0.2) is 5.82 Å². The van der Waals surface area contributed by atoms with Gasteiger partial charge in [-0.1, -0.05) is 19.0 Å². The van der Waals surface area contributed by atoms with E-state index in [0.29, 0.717) is 23.7 Å². The summed E-state index contributed by atoms with van der Waals surface area (Å²) < 4.78 is 5.33. The molecule has 2 aromatic heterocycles. The van der Waals surface area contributed by atoms with Crippen LogP contribution in [0.2, 0.25) is 0 Å². The average molecular weight is 342 g/mol. The quantitative estimate of drug-likeness (QED) is 0.770. The van der Waals surface area contributed by atoms with E-state index in [1.165, 1.54) is 0 Å². The molecular weight excluding hydrogens is 316 g/mol. The highest BCUT2D eigenvalue weighted by Gasteiger charge is 2.31. The van der Waals surface area contributed by atoms with Crippen molar-refractivity contribution >= 4 is 5.91 Å². The smallest absolute Gasteiger partial charge is 0.259 e. The molecule has 3 rings (SSSR count). The first-order chi connectivity index (χ1) is 12.2. The molecule has 134 valence electrons. The van der Waals surface area contributed by atoms with E-state index in [1.54, 1.807) is 12.4 Å². The minimum Gasteiger partial charge on any atom is -0.339 e. The molecule has 6 heteroatoms. The Morgan fingerprint density at radius 1 is 1.40 bits per heavy atom. The van der Waals surface area contributed by atoms with E-state index in [0.717, 1.165) is 50.6 Å². The molecule has 0 bridgehead atoms. The van der Waals surface area contributed by atoms with Gasteiger partial charge in [0.1, 0.15) is 0 Å². The largest absolute Gasteiger partial charge is 0.339 e. The third kappa shape index (κ3) is 4.06. The number of amides is 1. The molecule has 0 N–H and O–H groups in total. The highest BCUT2D eigenvalue weighted by Crippen LogP contribution is 2.25. The van der Waals surface area contributed by atoms with Gasteiger partial charge in [-0.25, -0.2) is 0 Å². The van der Waals surface area contributed by atoms with Crippen molar-refractivity contribution in [3.8, 4) is 11.5 Å². The molecule has 1 aliphatic heterocycles. The summed E-state index contributed by atoms with van der Waals surface area (Å²) in [5.41, 5.74) is 0.827. The van der Waals surface area contributed by atoms with Crippen molar-refractivity contribution < 1.29 is 9.32 Å². The van der Waals surface area contributed by atoms with Crippen LogP contribution >= 0.6 is 0 Å². The number of rotatable bonds is 7. The predicted molar refractivity (Wildman–Crippen MR) is 94.7 cm³/mol. The van der Waals surface area contributed by atoms with E-state index in [-0.39, 0.29) is 5.92 Å². The SMILES string of the molecule is CCC(CC)C(=O)N1CCCC1CCc1noc(-c2cccnc2)n1. The Morgan fingerprint density at radius 2 is 2.24 bits per heavy atom. The van der Waals surface area contributed by atoms with Crippen LogP contribution in [0.3, 0.4) is 0 Å². The van der Waals surface area contributed by atoms with Gasteiger partial charge in [0, 0.05) is 37.3 Å². The zero-order valence-electron chi connectivity index (χ0n) is 15.0. The average Bonchev–Trinajstić information content (AvgIpc) is 3.31. The van der Waals surface area contributed by atoms with Gasteiger partial charge in [-0.15, -0.1) is 0 Å². The third-order valence-electron chi connectivity index (χ3n) is 5.07. The second-order valence-electron chi connectivity index (χ2n) is 6.64. The molecule has 1 aliphatic rings. The Balaban J connectivity index is 1.59. The van der Waals surface area contributed by atoms with Gasteiger partial charge in [-0.2, -0.15) is 4.98 Å². The summed E-state index contributed by atoms with van der Waals surface area (Å²) in [5.74, 6) is 1.67. The molecule has 0 aliphatic carbocycles. The molecule has 2 aromatic rings. The van der Waals surface area contributed by atoms with Crippen molar-refractivity contribution in [3.05, 3.63) is 30.4 Å². The first kappa shape index (κ1) is 17.6. The number of aromatic nitrogens is 3. The van der Waals surface area contributed by atoms with Gasteiger partial charge < -0.3 is 9.42 Å². The molecule has 1 unspecified atom stereocenters. The lowest BCUT2D eigenvalue weighted by Crippen LogP contribution is -2.39. The van der Waals surface area contributed by atoms with Crippen molar-refractivity contribution in [2.75, 3.05) is 6.54 Å². The summed E-state index contributed by atoms with van der Waals surface area (Å²) in [6, 6.07) is 4.05. The molecule has 0 spiro atoms. The predicted octanol–water partition coefficient (Wildman–Crippen LogP) is 3.49. The number of carbonyl (C=O) groups excluding carboxylic acids is 1. The maximum Gasteiger partial charge on any atom is 0.259 e. The van der Waals surface area contributed by atoms with Crippen LogP contribution in [-0.4, -0.2) is 38.5 Å². The number of likely N-dealkylation sites (tertiary alicyclic amines) is 1. The van der Waals surface area contributed by atoms with Crippen LogP contribution in [0.25, 0.3) is 11.5 Å². The summed E-state index contributed by atoms with van der Waals surface area (Å²) in [4.78, 5) is 23.3. The first-order valence-corrected chi connectivity index (χ1v) is 9.26. The second kappa shape index (κ2) is 8.23. The van der Waals surface area contributed by atoms with Crippen LogP contribution in [0.15, 0.2) is 29.0 Å². The Bertz CT molecular complexity index is 682. The van der Waals surface area contributed by atoms with Crippen molar-refractivity contribution in [2.24, 2.45) is 5.92 Å². The second-order valence-corrected chi connectivity index (χ2v) is 6.64. The Labute approximate surface area is 148 Å². The number of hydrogen-bond acceptors (Lipinski definition) is 5. The fraction of sp³-hybridized carbons (Fsp3) is 0.579. The lowest BCUT2D eigenvalue weighted by Gasteiger charge is -2.28. The number of hydrogen-bond donors (Lipinski definition) is 0. The molecular formula is C19H26N4O2. The molecule has 1 saturated heterocycles. The molecule has 6 nitrogen and oxygen atoms in total. The summed E-state index contributed by atoms with van der Waals surface area (Å²) in [7, 11) is 0. The van der Waals surface area contributed by atoms with E-state index in [9.17, 15) is 4.79 Å². The topological polar surface area (TPSA) is 72.1 Å². The van der Waals surface area contributed by atoms with E-state index >= 15 is 0 Å². The number of pyridine rings is 1. The molecule has 0 radical (unpaired) electrons. The van der Waals surface area contributed by atoms with Crippen molar-refractivity contribution in [2.45, 2.75) is 58.4 Å². The van der Waals surface area contributed by atoms with E-state index in [1.807, 2.05) is 12.1 Å². The van der Waals surface area contributed by atoms with Crippen molar-refractivity contribution in [3.63, 3.8) is 0 Å². The van der Waals surface area contributed by atoms with Crippen LogP contribution in [0.4, 0.5) is 0 Å². The Morgan fingerprint density at radius 3 is 2.96 bits per heavy atom. The standard InChI is InChI=1S/C19H26N4O2/c1-3-14(4-2)19(24)23-12-6-8-16(23)9-10-17-21-18(25-22-17)15-7-5-11-20-13-15/h5,7,11,13-14,16H,3-4,6,8-10,12H2,1-2H3. The lowest BCUT2D eigenvalue weighted by molar-refractivity contribution is -0.136. The van der Waals surface area contributed by atoms with Gasteiger partial charge in [-0.05, 0) is 44.2 Å². The van der Waals surface area contributed by atoms with Crippen LogP contribution in [0.5, 0.6) is 0 Å². The van der Waals surface area contributed by atoms with Crippen LogP contribution in [0, 0.1) is 5.92 Å². The van der Waals surface area contributed by atoms with Gasteiger partial charge in [0.25, 0.3) is 5.89 Å². The zero-order chi connectivity index (χ0) is 17.6. The summed E-state index contributed by atoms with van der Waals surface area (Å²) in [6.45, 7) is 5.07. The monoisotopic (exact) mass is 342 g/mol. The number of aryl methyl sites for hydroxylation is 1. The summed E-state index contributed by atoms with van der Waals surface area (Å²) in [6.07, 6.45) is 9.02. The normalized spacial score (nSPS) is 17.4. The van der Waals surface area contributed by atoms with E-state index < -0.39 is 0 Å². The fourth-order valence-electron chi connectivity index (χ4n) is 3.56. The van der Waals surface area contributed by atoms with E-state index in [2.05, 4.69) is 33.9 Å². The Hall–Kier alpha value is -2.24. The minimum absolute atomic E-state index is 0.156. The highest BCUT2D eigenvalue weighted by molar-refractivity contribution is 5.79. The van der Waals surface area contributed by atoms with Crippen molar-refractivity contribution in [1.29, 1.82) is 0 Å².